The van der Waals surface area contributed by atoms with Gasteiger partial charge < -0.3 is 9.84 Å². The first kappa shape index (κ1) is 14.2. The second-order valence-corrected chi connectivity index (χ2v) is 4.82. The Labute approximate surface area is 94.6 Å². The van der Waals surface area contributed by atoms with E-state index in [2.05, 4.69) is 0 Å². The molecule has 0 aromatic carbocycles. The largest absolute Gasteiger partial charge is 0.481 e. The minimum atomic E-state index is -0.916. The molecule has 0 saturated heterocycles. The molecule has 0 amide bonds. The van der Waals surface area contributed by atoms with Crippen LogP contribution in [0.25, 0.3) is 0 Å². The van der Waals surface area contributed by atoms with Crippen molar-refractivity contribution in [1.29, 1.82) is 0 Å². The predicted molar refractivity (Wildman–Crippen MR) is 56.7 cm³/mol. The molecule has 5 heteroatoms. The summed E-state index contributed by atoms with van der Waals surface area (Å²) in [7, 11) is 0. The van der Waals surface area contributed by atoms with Crippen molar-refractivity contribution in [2.75, 3.05) is 0 Å². The van der Waals surface area contributed by atoms with Crippen molar-refractivity contribution >= 4 is 23.5 Å². The molecular formula is C10H17ClO4. The van der Waals surface area contributed by atoms with E-state index < -0.39 is 17.5 Å². The van der Waals surface area contributed by atoms with Gasteiger partial charge in [-0.2, -0.15) is 0 Å². The lowest BCUT2D eigenvalue weighted by Crippen LogP contribution is -2.26. The summed E-state index contributed by atoms with van der Waals surface area (Å²) in [5.74, 6) is -1.37. The number of carbonyl (C=O) groups is 2. The highest BCUT2D eigenvalue weighted by Crippen LogP contribution is 2.25. The fourth-order valence-corrected chi connectivity index (χ4v) is 0.834. The third kappa shape index (κ3) is 7.19. The number of ether oxygens (including phenoxy) is 1. The minimum absolute atomic E-state index is 0.0302. The highest BCUT2D eigenvalue weighted by molar-refractivity contribution is 6.20. The van der Waals surface area contributed by atoms with Gasteiger partial charge in [0.1, 0.15) is 0 Å². The maximum Gasteiger partial charge on any atom is 0.307 e. The fourth-order valence-electron chi connectivity index (χ4n) is 0.735. The van der Waals surface area contributed by atoms with E-state index in [4.69, 9.17) is 21.4 Å². The molecule has 0 aromatic heterocycles. The predicted octanol–water partition coefficient (Wildman–Crippen LogP) is 2.40. The van der Waals surface area contributed by atoms with Crippen molar-refractivity contribution in [2.24, 2.45) is 5.41 Å². The Hall–Kier alpha value is -0.770. The van der Waals surface area contributed by atoms with Gasteiger partial charge in [-0.05, 0) is 6.42 Å². The molecule has 0 aliphatic heterocycles. The van der Waals surface area contributed by atoms with Gasteiger partial charge in [0.2, 0.25) is 0 Å². The Morgan fingerprint density at radius 1 is 1.33 bits per heavy atom. The Morgan fingerprint density at radius 3 is 2.27 bits per heavy atom. The highest BCUT2D eigenvalue weighted by Gasteiger charge is 2.25. The van der Waals surface area contributed by atoms with Gasteiger partial charge >= 0.3 is 11.9 Å². The van der Waals surface area contributed by atoms with Gasteiger partial charge in [-0.3, -0.25) is 9.59 Å². The zero-order valence-electron chi connectivity index (χ0n) is 9.25. The number of alkyl halides is 1. The Balaban J connectivity index is 3.79. The lowest BCUT2D eigenvalue weighted by atomic mass is 9.98. The number of hydrogen-bond acceptors (Lipinski definition) is 3. The van der Waals surface area contributed by atoms with Crippen LogP contribution in [0, 0.1) is 5.41 Å². The minimum Gasteiger partial charge on any atom is -0.481 e. The number of halogens is 1. The van der Waals surface area contributed by atoms with Crippen LogP contribution in [-0.4, -0.2) is 22.6 Å². The number of esters is 1. The molecule has 0 aliphatic rings. The molecule has 88 valence electrons. The smallest absolute Gasteiger partial charge is 0.307 e. The van der Waals surface area contributed by atoms with Gasteiger partial charge in [0.25, 0.3) is 0 Å². The lowest BCUT2D eigenvalue weighted by Gasteiger charge is -2.24. The number of aliphatic carboxylic acids is 1. The first-order valence-corrected chi connectivity index (χ1v) is 5.22. The van der Waals surface area contributed by atoms with Gasteiger partial charge in [0.15, 0.2) is 5.56 Å². The molecule has 1 N–H and O–H groups in total. The molecule has 0 radical (unpaired) electrons. The van der Waals surface area contributed by atoms with Gasteiger partial charge in [-0.1, -0.05) is 32.4 Å². The average molecular weight is 237 g/mol. The normalized spacial score (nSPS) is 13.3. The van der Waals surface area contributed by atoms with Crippen LogP contribution < -0.4 is 0 Å². The number of carboxylic acids is 1. The van der Waals surface area contributed by atoms with Crippen molar-refractivity contribution in [2.45, 2.75) is 45.6 Å². The summed E-state index contributed by atoms with van der Waals surface area (Å²) >= 11 is 5.83. The second kappa shape index (κ2) is 5.95. The summed E-state index contributed by atoms with van der Waals surface area (Å²) in [4.78, 5) is 21.4. The number of carbonyl (C=O) groups excluding carboxylic acids is 1. The monoisotopic (exact) mass is 236 g/mol. The molecule has 0 bridgehead atoms. The molecule has 1 atom stereocenters. The van der Waals surface area contributed by atoms with Gasteiger partial charge in [-0.25, -0.2) is 0 Å². The third-order valence-electron chi connectivity index (χ3n) is 1.69. The molecule has 0 fully saturated rings. The number of rotatable bonds is 5. The maximum absolute atomic E-state index is 11.2. The van der Waals surface area contributed by atoms with Gasteiger partial charge in [0, 0.05) is 18.3 Å². The quantitative estimate of drug-likeness (QED) is 0.588. The van der Waals surface area contributed by atoms with E-state index in [1.165, 1.54) is 0 Å². The van der Waals surface area contributed by atoms with Crippen LogP contribution in [0.3, 0.4) is 0 Å². The van der Waals surface area contributed by atoms with E-state index in [9.17, 15) is 9.59 Å². The molecular weight excluding hydrogens is 220 g/mol. The SMILES string of the molecule is CC(C)(C)C(Cl)OC(=O)CCCC(=O)O. The molecule has 0 spiro atoms. The Kier molecular flexibility index (Phi) is 5.65. The Morgan fingerprint density at radius 2 is 1.87 bits per heavy atom. The van der Waals surface area contributed by atoms with E-state index in [1.807, 2.05) is 20.8 Å². The fraction of sp³-hybridized carbons (Fsp3) is 0.800. The number of hydrogen-bond donors (Lipinski definition) is 1. The summed E-state index contributed by atoms with van der Waals surface area (Å²) in [6, 6.07) is 0. The third-order valence-corrected chi connectivity index (χ3v) is 2.43. The topological polar surface area (TPSA) is 63.6 Å². The first-order chi connectivity index (χ1) is 6.73. The van der Waals surface area contributed by atoms with Crippen LogP contribution in [0.2, 0.25) is 0 Å². The molecule has 0 aromatic rings. The van der Waals surface area contributed by atoms with E-state index in [1.54, 1.807) is 0 Å². The van der Waals surface area contributed by atoms with Crippen LogP contribution >= 0.6 is 11.6 Å². The van der Waals surface area contributed by atoms with E-state index >= 15 is 0 Å². The van der Waals surface area contributed by atoms with E-state index in [-0.39, 0.29) is 24.7 Å². The van der Waals surface area contributed by atoms with Crippen molar-refractivity contribution < 1.29 is 19.4 Å². The second-order valence-electron chi connectivity index (χ2n) is 4.42. The highest BCUT2D eigenvalue weighted by atomic mass is 35.5. The van der Waals surface area contributed by atoms with Crippen LogP contribution in [0.4, 0.5) is 0 Å². The molecule has 0 heterocycles. The molecule has 0 saturated carbocycles. The first-order valence-electron chi connectivity index (χ1n) is 4.79. The zero-order valence-corrected chi connectivity index (χ0v) is 10.0. The van der Waals surface area contributed by atoms with Crippen LogP contribution in [-0.2, 0) is 14.3 Å². The molecule has 0 rings (SSSR count). The van der Waals surface area contributed by atoms with Crippen LogP contribution in [0.1, 0.15) is 40.0 Å². The summed E-state index contributed by atoms with van der Waals surface area (Å²) in [6.07, 6.45) is 0.338. The molecule has 15 heavy (non-hydrogen) atoms. The maximum atomic E-state index is 11.2. The molecule has 1 unspecified atom stereocenters. The summed E-state index contributed by atoms with van der Waals surface area (Å²) < 4.78 is 4.93. The summed E-state index contributed by atoms with van der Waals surface area (Å²) in [6.45, 7) is 5.57. The zero-order chi connectivity index (χ0) is 12.1. The van der Waals surface area contributed by atoms with Crippen molar-refractivity contribution in [1.82, 2.24) is 0 Å². The van der Waals surface area contributed by atoms with Crippen molar-refractivity contribution in [3.05, 3.63) is 0 Å². The van der Waals surface area contributed by atoms with Crippen molar-refractivity contribution in [3.63, 3.8) is 0 Å². The van der Waals surface area contributed by atoms with Gasteiger partial charge in [-0.15, -0.1) is 0 Å². The standard InChI is InChI=1S/C10H17ClO4/c1-10(2,3)9(11)15-8(14)6-4-5-7(12)13/h9H,4-6H2,1-3H3,(H,12,13). The Bertz CT molecular complexity index is 232. The lowest BCUT2D eigenvalue weighted by molar-refractivity contribution is -0.149. The molecule has 0 aliphatic carbocycles. The average Bonchev–Trinajstić information content (AvgIpc) is 2.01. The van der Waals surface area contributed by atoms with Crippen LogP contribution in [0.15, 0.2) is 0 Å². The van der Waals surface area contributed by atoms with Crippen LogP contribution in [0.5, 0.6) is 0 Å². The molecule has 4 nitrogen and oxygen atoms in total. The van der Waals surface area contributed by atoms with Crippen molar-refractivity contribution in [3.8, 4) is 0 Å². The number of carboxylic acid groups (broad SMARTS) is 1. The summed E-state index contributed by atoms with van der Waals surface area (Å²) in [5, 5.41) is 8.36. The van der Waals surface area contributed by atoms with Gasteiger partial charge in [0.05, 0.1) is 0 Å². The van der Waals surface area contributed by atoms with E-state index in [0.29, 0.717) is 0 Å². The summed E-state index contributed by atoms with van der Waals surface area (Å²) in [5.41, 5.74) is -1.00. The van der Waals surface area contributed by atoms with E-state index in [0.717, 1.165) is 0 Å².